The van der Waals surface area contributed by atoms with Gasteiger partial charge >= 0.3 is 0 Å². The lowest BCUT2D eigenvalue weighted by Gasteiger charge is -2.18. The maximum Gasteiger partial charge on any atom is 0.238 e. The first kappa shape index (κ1) is 14.5. The van der Waals surface area contributed by atoms with E-state index >= 15 is 0 Å². The van der Waals surface area contributed by atoms with E-state index in [2.05, 4.69) is 10.2 Å². The van der Waals surface area contributed by atoms with Crippen LogP contribution in [0.4, 0.5) is 11.4 Å². The average Bonchev–Trinajstić information content (AvgIpc) is 2.62. The lowest BCUT2D eigenvalue weighted by molar-refractivity contribution is -0.117. The number of benzene rings is 1. The van der Waals surface area contributed by atoms with Crippen LogP contribution in [-0.4, -0.2) is 41.9 Å². The Hall–Kier alpha value is -0.910. The van der Waals surface area contributed by atoms with E-state index in [-0.39, 0.29) is 5.91 Å². The van der Waals surface area contributed by atoms with E-state index in [9.17, 15) is 4.79 Å². The summed E-state index contributed by atoms with van der Waals surface area (Å²) in [7, 11) is 0. The van der Waals surface area contributed by atoms with Gasteiger partial charge in [0, 0.05) is 18.0 Å². The van der Waals surface area contributed by atoms with Crippen molar-refractivity contribution >= 4 is 40.6 Å². The SMILES string of the molecule is Nc1cc(NC(=O)CN2CCCSCC2)ccc1Cl. The van der Waals surface area contributed by atoms with E-state index in [0.29, 0.717) is 22.9 Å². The smallest absolute Gasteiger partial charge is 0.238 e. The number of nitrogen functional groups attached to an aromatic ring is 1. The maximum absolute atomic E-state index is 12.0. The summed E-state index contributed by atoms with van der Waals surface area (Å²) in [6.45, 7) is 2.40. The first-order valence-corrected chi connectivity index (χ1v) is 7.83. The Morgan fingerprint density at radius 1 is 1.42 bits per heavy atom. The van der Waals surface area contributed by atoms with Gasteiger partial charge in [0.25, 0.3) is 0 Å². The summed E-state index contributed by atoms with van der Waals surface area (Å²) in [6.07, 6.45) is 1.14. The van der Waals surface area contributed by atoms with E-state index in [1.807, 2.05) is 11.8 Å². The van der Waals surface area contributed by atoms with E-state index in [1.54, 1.807) is 18.2 Å². The number of rotatable bonds is 3. The Morgan fingerprint density at radius 2 is 2.26 bits per heavy atom. The van der Waals surface area contributed by atoms with Crippen molar-refractivity contribution in [3.63, 3.8) is 0 Å². The Kier molecular flexibility index (Phi) is 5.36. The zero-order valence-corrected chi connectivity index (χ0v) is 12.3. The van der Waals surface area contributed by atoms with E-state index < -0.39 is 0 Å². The Morgan fingerprint density at radius 3 is 3.05 bits per heavy atom. The van der Waals surface area contributed by atoms with Crippen molar-refractivity contribution < 1.29 is 4.79 Å². The molecule has 3 N–H and O–H groups in total. The fraction of sp³-hybridized carbons (Fsp3) is 0.462. The summed E-state index contributed by atoms with van der Waals surface area (Å²) in [5.74, 6) is 2.28. The predicted molar refractivity (Wildman–Crippen MR) is 82.9 cm³/mol. The highest BCUT2D eigenvalue weighted by molar-refractivity contribution is 7.99. The first-order valence-electron chi connectivity index (χ1n) is 6.30. The minimum Gasteiger partial charge on any atom is -0.397 e. The van der Waals surface area contributed by atoms with Gasteiger partial charge in [0.1, 0.15) is 0 Å². The summed E-state index contributed by atoms with van der Waals surface area (Å²) in [6, 6.07) is 5.13. The van der Waals surface area contributed by atoms with Crippen LogP contribution in [0.2, 0.25) is 5.02 Å². The van der Waals surface area contributed by atoms with Crippen LogP contribution in [0.1, 0.15) is 6.42 Å². The molecule has 0 aliphatic carbocycles. The second kappa shape index (κ2) is 7.03. The normalized spacial score (nSPS) is 16.9. The van der Waals surface area contributed by atoms with Crippen molar-refractivity contribution in [1.29, 1.82) is 0 Å². The third-order valence-electron chi connectivity index (χ3n) is 2.96. The van der Waals surface area contributed by atoms with Crippen LogP contribution in [0.25, 0.3) is 0 Å². The topological polar surface area (TPSA) is 58.4 Å². The number of nitrogens with two attached hydrogens (primary N) is 1. The summed E-state index contributed by atoms with van der Waals surface area (Å²) in [5.41, 5.74) is 6.87. The fourth-order valence-corrected chi connectivity index (χ4v) is 3.02. The largest absolute Gasteiger partial charge is 0.397 e. The molecule has 1 aliphatic rings. The van der Waals surface area contributed by atoms with Crippen LogP contribution in [-0.2, 0) is 4.79 Å². The predicted octanol–water partition coefficient (Wildman–Crippen LogP) is 2.30. The van der Waals surface area contributed by atoms with Gasteiger partial charge in [0.15, 0.2) is 0 Å². The van der Waals surface area contributed by atoms with Crippen LogP contribution in [0.3, 0.4) is 0 Å². The van der Waals surface area contributed by atoms with Gasteiger partial charge in [-0.2, -0.15) is 11.8 Å². The molecule has 1 amide bonds. The number of hydrogen-bond donors (Lipinski definition) is 2. The molecular formula is C13H18ClN3OS. The zero-order valence-electron chi connectivity index (χ0n) is 10.7. The zero-order chi connectivity index (χ0) is 13.7. The molecule has 1 fully saturated rings. The number of carbonyl (C=O) groups excluding carboxylic acids is 1. The van der Waals surface area contributed by atoms with Crippen LogP contribution in [0, 0.1) is 0 Å². The first-order chi connectivity index (χ1) is 9.15. The highest BCUT2D eigenvalue weighted by atomic mass is 35.5. The van der Waals surface area contributed by atoms with Gasteiger partial charge in [-0.05, 0) is 36.9 Å². The Bertz CT molecular complexity index is 448. The Labute approximate surface area is 122 Å². The van der Waals surface area contributed by atoms with Gasteiger partial charge in [-0.1, -0.05) is 11.6 Å². The standard InChI is InChI=1S/C13H18ClN3OS/c14-11-3-2-10(8-12(11)15)16-13(18)9-17-4-1-6-19-7-5-17/h2-3,8H,1,4-7,9,15H2,(H,16,18). The van der Waals surface area contributed by atoms with Gasteiger partial charge in [0.2, 0.25) is 5.91 Å². The highest BCUT2D eigenvalue weighted by Crippen LogP contribution is 2.22. The lowest BCUT2D eigenvalue weighted by atomic mass is 10.3. The number of nitrogens with one attached hydrogen (secondary N) is 1. The number of thioether (sulfide) groups is 1. The van der Waals surface area contributed by atoms with Gasteiger partial charge in [0.05, 0.1) is 17.3 Å². The molecule has 0 spiro atoms. The van der Waals surface area contributed by atoms with E-state index in [0.717, 1.165) is 25.3 Å². The summed E-state index contributed by atoms with van der Waals surface area (Å²) < 4.78 is 0. The molecule has 1 aromatic rings. The number of anilines is 2. The monoisotopic (exact) mass is 299 g/mol. The number of halogens is 1. The summed E-state index contributed by atoms with van der Waals surface area (Å²) >= 11 is 7.79. The number of nitrogens with zero attached hydrogens (tertiary/aromatic N) is 1. The van der Waals surface area contributed by atoms with Crippen LogP contribution in [0.5, 0.6) is 0 Å². The van der Waals surface area contributed by atoms with Crippen molar-refractivity contribution in [3.05, 3.63) is 23.2 Å². The molecule has 1 saturated heterocycles. The number of amides is 1. The molecule has 0 unspecified atom stereocenters. The molecule has 4 nitrogen and oxygen atoms in total. The fourth-order valence-electron chi connectivity index (χ4n) is 1.98. The van der Waals surface area contributed by atoms with E-state index in [1.165, 1.54) is 5.75 Å². The Balaban J connectivity index is 1.87. The molecule has 104 valence electrons. The van der Waals surface area contributed by atoms with Crippen LogP contribution in [0.15, 0.2) is 18.2 Å². The van der Waals surface area contributed by atoms with Gasteiger partial charge in [-0.15, -0.1) is 0 Å². The average molecular weight is 300 g/mol. The van der Waals surface area contributed by atoms with Crippen molar-refractivity contribution in [1.82, 2.24) is 4.90 Å². The third-order valence-corrected chi connectivity index (χ3v) is 4.35. The third kappa shape index (κ3) is 4.60. The molecule has 0 aromatic heterocycles. The molecule has 6 heteroatoms. The molecule has 0 bridgehead atoms. The minimum absolute atomic E-state index is 0.00591. The maximum atomic E-state index is 12.0. The molecule has 0 atom stereocenters. The molecule has 1 heterocycles. The quantitative estimate of drug-likeness (QED) is 0.841. The summed E-state index contributed by atoms with van der Waals surface area (Å²) in [5, 5.41) is 3.35. The molecule has 2 rings (SSSR count). The van der Waals surface area contributed by atoms with Crippen molar-refractivity contribution in [2.24, 2.45) is 0 Å². The number of carbonyl (C=O) groups is 1. The number of hydrogen-bond acceptors (Lipinski definition) is 4. The van der Waals surface area contributed by atoms with Crippen LogP contribution >= 0.6 is 23.4 Å². The van der Waals surface area contributed by atoms with Crippen molar-refractivity contribution in [2.45, 2.75) is 6.42 Å². The second-order valence-corrected chi connectivity index (χ2v) is 6.16. The molecule has 0 saturated carbocycles. The van der Waals surface area contributed by atoms with Gasteiger partial charge in [-0.3, -0.25) is 9.69 Å². The van der Waals surface area contributed by atoms with Gasteiger partial charge < -0.3 is 11.1 Å². The minimum atomic E-state index is -0.00591. The molecular weight excluding hydrogens is 282 g/mol. The van der Waals surface area contributed by atoms with Crippen molar-refractivity contribution in [3.8, 4) is 0 Å². The van der Waals surface area contributed by atoms with Gasteiger partial charge in [-0.25, -0.2) is 0 Å². The highest BCUT2D eigenvalue weighted by Gasteiger charge is 2.13. The molecule has 1 aromatic carbocycles. The molecule has 0 radical (unpaired) electrons. The van der Waals surface area contributed by atoms with Crippen LogP contribution < -0.4 is 11.1 Å². The molecule has 1 aliphatic heterocycles. The van der Waals surface area contributed by atoms with Crippen molar-refractivity contribution in [2.75, 3.05) is 42.2 Å². The summed E-state index contributed by atoms with van der Waals surface area (Å²) in [4.78, 5) is 14.1. The second-order valence-electron chi connectivity index (χ2n) is 4.53. The van der Waals surface area contributed by atoms with E-state index in [4.69, 9.17) is 17.3 Å². The lowest BCUT2D eigenvalue weighted by Crippen LogP contribution is -2.34. The molecule has 19 heavy (non-hydrogen) atoms.